The average molecular weight is 899 g/mol. The highest BCUT2D eigenvalue weighted by molar-refractivity contribution is 7.93. The molecule has 0 bridgehead atoms. The van der Waals surface area contributed by atoms with Crippen LogP contribution in [-0.2, 0) is 58.4 Å². The largest absolute Gasteiger partial charge is 0.494 e. The molecular formula is C45H62N4O11S2. The number of carboxylic acids is 1. The molecule has 0 saturated heterocycles. The third-order valence-electron chi connectivity index (χ3n) is 11.0. The zero-order valence-electron chi connectivity index (χ0n) is 37.6. The van der Waals surface area contributed by atoms with Gasteiger partial charge >= 0.3 is 11.9 Å². The van der Waals surface area contributed by atoms with Gasteiger partial charge in [0.1, 0.15) is 34.6 Å². The third kappa shape index (κ3) is 11.4. The minimum absolute atomic E-state index is 0.0606. The van der Waals surface area contributed by atoms with E-state index in [0.717, 1.165) is 22.4 Å². The van der Waals surface area contributed by atoms with Crippen LogP contribution in [0, 0.1) is 34.6 Å². The molecule has 62 heavy (non-hydrogen) atoms. The minimum Gasteiger partial charge on any atom is -0.494 e. The fourth-order valence-corrected chi connectivity index (χ4v) is 11.7. The van der Waals surface area contributed by atoms with E-state index in [1.54, 1.807) is 34.6 Å². The smallest absolute Gasteiger partial charge is 0.326 e. The topological polar surface area (TPSA) is 208 Å². The number of hydrogen-bond acceptors (Lipinski definition) is 11. The highest BCUT2D eigenvalue weighted by atomic mass is 32.2. The van der Waals surface area contributed by atoms with Gasteiger partial charge in [-0.3, -0.25) is 14.4 Å². The molecule has 17 heteroatoms. The van der Waals surface area contributed by atoms with E-state index >= 15 is 0 Å². The number of nitrogens with zero attached hydrogens (tertiary/aromatic N) is 2. The number of aliphatic carboxylic acids is 1. The Morgan fingerprint density at radius 1 is 0.935 bits per heavy atom. The van der Waals surface area contributed by atoms with Crippen molar-refractivity contribution in [2.45, 2.75) is 154 Å². The highest BCUT2D eigenvalue weighted by Gasteiger charge is 2.40. The molecule has 0 saturated carbocycles. The number of aryl methyl sites for hydroxylation is 4. The molecule has 15 nitrogen and oxygen atoms in total. The quantitative estimate of drug-likeness (QED) is 0.0958. The maximum absolute atomic E-state index is 14.5. The van der Waals surface area contributed by atoms with Gasteiger partial charge in [-0.2, -0.15) is 4.72 Å². The molecule has 5 rings (SSSR count). The molecule has 1 amide bonds. The van der Waals surface area contributed by atoms with E-state index < -0.39 is 55.1 Å². The number of carbonyl (C=O) groups is 3. The predicted octanol–water partition coefficient (Wildman–Crippen LogP) is 6.24. The number of fused-ring (bicyclic) bond motifs is 2. The first kappa shape index (κ1) is 48.3. The van der Waals surface area contributed by atoms with Crippen LogP contribution in [0.5, 0.6) is 11.5 Å². The number of unbranched alkanes of at least 4 members (excludes halogenated alkanes) is 1. The van der Waals surface area contributed by atoms with Crippen LogP contribution in [0.1, 0.15) is 118 Å². The van der Waals surface area contributed by atoms with Gasteiger partial charge in [-0.05, 0) is 159 Å². The molecule has 0 fully saturated rings. The van der Waals surface area contributed by atoms with Gasteiger partial charge in [0.25, 0.3) is 10.0 Å². The van der Waals surface area contributed by atoms with Crippen molar-refractivity contribution in [1.29, 1.82) is 0 Å². The summed E-state index contributed by atoms with van der Waals surface area (Å²) in [4.78, 5) is 42.3. The molecular weight excluding hydrogens is 837 g/mol. The van der Waals surface area contributed by atoms with E-state index in [1.165, 1.54) is 16.4 Å². The fraction of sp³-hybridized carbons (Fsp3) is 0.556. The van der Waals surface area contributed by atoms with Crippen molar-refractivity contribution in [1.82, 2.24) is 15.0 Å². The molecule has 1 unspecified atom stereocenters. The second-order valence-corrected chi connectivity index (χ2v) is 21.4. The average Bonchev–Trinajstić information content (AvgIpc) is 3.50. The zero-order chi connectivity index (χ0) is 45.9. The number of anilines is 1. The van der Waals surface area contributed by atoms with Crippen LogP contribution in [-0.4, -0.2) is 81.7 Å². The number of aromatic nitrogens is 1. The van der Waals surface area contributed by atoms with Crippen molar-refractivity contribution in [3.63, 3.8) is 0 Å². The maximum atomic E-state index is 14.5. The molecule has 0 spiro atoms. The van der Waals surface area contributed by atoms with Crippen LogP contribution in [0.25, 0.3) is 0 Å². The van der Waals surface area contributed by atoms with Gasteiger partial charge in [0.05, 0.1) is 16.4 Å². The molecule has 3 aromatic rings. The van der Waals surface area contributed by atoms with Crippen molar-refractivity contribution >= 4 is 43.7 Å². The Labute approximate surface area is 366 Å². The van der Waals surface area contributed by atoms with Crippen molar-refractivity contribution in [2.75, 3.05) is 24.0 Å². The van der Waals surface area contributed by atoms with Gasteiger partial charge in [-0.1, -0.05) is 6.07 Å². The molecule has 0 aliphatic carbocycles. The van der Waals surface area contributed by atoms with E-state index in [2.05, 4.69) is 10.0 Å². The molecule has 2 aliphatic rings. The Balaban J connectivity index is 1.22. The Morgan fingerprint density at radius 2 is 1.61 bits per heavy atom. The monoisotopic (exact) mass is 898 g/mol. The standard InChI is InChI=1S/C45H62N4O11S2/c1-27-23-34(58-22-14-18-38(51)52)24-28(2)40(27)61(54,55)48-36(43(53)60-44(6,7)8)26-46-37(50)17-12-11-16-33-20-19-32-15-13-21-49(42(32)47-33)62(56,57)41-30(4)29(3)39-35(31(41)5)25-45(9,10)59-39/h19-20,23-24,36,48H,11-18,21-22,25-26H2,1-10H3,(H,46,50)(H,51,52). The maximum Gasteiger partial charge on any atom is 0.326 e. The first-order valence-electron chi connectivity index (χ1n) is 21.1. The number of pyridine rings is 1. The van der Waals surface area contributed by atoms with Gasteiger partial charge in [0.2, 0.25) is 15.9 Å². The molecule has 3 N–H and O–H groups in total. The molecule has 2 aliphatic heterocycles. The second-order valence-electron chi connectivity index (χ2n) is 18.0. The lowest BCUT2D eigenvalue weighted by molar-refractivity contribution is -0.156. The van der Waals surface area contributed by atoms with E-state index in [1.807, 2.05) is 46.8 Å². The summed E-state index contributed by atoms with van der Waals surface area (Å²) in [6.07, 6.45) is 3.78. The number of rotatable bonds is 18. The van der Waals surface area contributed by atoms with Crippen LogP contribution >= 0.6 is 0 Å². The number of carbonyl (C=O) groups excluding carboxylic acids is 2. The number of benzene rings is 2. The number of nitrogens with one attached hydrogen (secondary N) is 2. The lowest BCUT2D eigenvalue weighted by Gasteiger charge is -2.31. The Kier molecular flexibility index (Phi) is 14.7. The molecule has 340 valence electrons. The number of amides is 1. The molecule has 1 aromatic heterocycles. The summed E-state index contributed by atoms with van der Waals surface area (Å²) in [6.45, 7) is 17.8. The summed E-state index contributed by atoms with van der Waals surface area (Å²) >= 11 is 0. The summed E-state index contributed by atoms with van der Waals surface area (Å²) in [6, 6.07) is 5.44. The first-order chi connectivity index (χ1) is 28.8. The molecule has 0 radical (unpaired) electrons. The summed E-state index contributed by atoms with van der Waals surface area (Å²) < 4.78 is 77.8. The number of sulfonamides is 2. The van der Waals surface area contributed by atoms with Crippen molar-refractivity contribution in [3.05, 3.63) is 68.9 Å². The second kappa shape index (κ2) is 18.9. The van der Waals surface area contributed by atoms with Crippen LogP contribution in [0.4, 0.5) is 5.82 Å². The van der Waals surface area contributed by atoms with Crippen molar-refractivity contribution in [3.8, 4) is 11.5 Å². The fourth-order valence-electron chi connectivity index (χ4n) is 8.08. The number of esters is 1. The minimum atomic E-state index is -4.31. The Bertz CT molecular complexity index is 2420. The summed E-state index contributed by atoms with van der Waals surface area (Å²) in [5.41, 5.74) is 4.01. The highest BCUT2D eigenvalue weighted by Crippen LogP contribution is 2.45. The van der Waals surface area contributed by atoms with E-state index in [-0.39, 0.29) is 37.3 Å². The lowest BCUT2D eigenvalue weighted by atomic mass is 9.94. The summed E-state index contributed by atoms with van der Waals surface area (Å²) in [5, 5.41) is 11.6. The third-order valence-corrected chi connectivity index (χ3v) is 14.8. The van der Waals surface area contributed by atoms with E-state index in [9.17, 15) is 31.2 Å². The van der Waals surface area contributed by atoms with Gasteiger partial charge in [0, 0.05) is 43.6 Å². The van der Waals surface area contributed by atoms with E-state index in [0.29, 0.717) is 89.5 Å². The van der Waals surface area contributed by atoms with Crippen molar-refractivity contribution < 1.29 is 50.5 Å². The van der Waals surface area contributed by atoms with Crippen LogP contribution < -0.4 is 23.8 Å². The van der Waals surface area contributed by atoms with Crippen LogP contribution in [0.15, 0.2) is 34.1 Å². The van der Waals surface area contributed by atoms with Crippen LogP contribution in [0.2, 0.25) is 0 Å². The molecule has 1 atom stereocenters. The predicted molar refractivity (Wildman–Crippen MR) is 235 cm³/mol. The zero-order valence-corrected chi connectivity index (χ0v) is 39.2. The molecule has 2 aromatic carbocycles. The van der Waals surface area contributed by atoms with Gasteiger partial charge < -0.3 is 24.6 Å². The Morgan fingerprint density at radius 3 is 2.26 bits per heavy atom. The van der Waals surface area contributed by atoms with Gasteiger partial charge in [0.15, 0.2) is 0 Å². The van der Waals surface area contributed by atoms with E-state index in [4.69, 9.17) is 24.3 Å². The lowest BCUT2D eigenvalue weighted by Crippen LogP contribution is -2.50. The normalized spacial score (nSPS) is 15.3. The number of carboxylic acid groups (broad SMARTS) is 1. The Hall–Kier alpha value is -4.74. The number of ether oxygens (including phenoxy) is 3. The van der Waals surface area contributed by atoms with Gasteiger partial charge in [-0.25, -0.2) is 26.1 Å². The number of hydrogen-bond donors (Lipinski definition) is 3. The van der Waals surface area contributed by atoms with Crippen LogP contribution in [0.3, 0.4) is 0 Å². The molecule has 3 heterocycles. The van der Waals surface area contributed by atoms with Crippen molar-refractivity contribution in [2.24, 2.45) is 0 Å². The van der Waals surface area contributed by atoms with Gasteiger partial charge in [-0.15, -0.1) is 0 Å². The summed E-state index contributed by atoms with van der Waals surface area (Å²) in [7, 11) is -8.29. The first-order valence-corrected chi connectivity index (χ1v) is 24.0. The summed E-state index contributed by atoms with van der Waals surface area (Å²) in [5.74, 6) is -0.621. The SMILES string of the molecule is Cc1cc(OCCCC(=O)O)cc(C)c1S(=O)(=O)NC(CNC(=O)CCCCc1ccc2c(n1)N(S(=O)(=O)c1c(C)c(C)c3c(c1C)CC(C)(C)O3)CCC2)C(=O)OC(C)(C)C.